The summed E-state index contributed by atoms with van der Waals surface area (Å²) in [4.78, 5) is 0. The van der Waals surface area contributed by atoms with Gasteiger partial charge in [-0.2, -0.15) is 0 Å². The van der Waals surface area contributed by atoms with Gasteiger partial charge in [0.25, 0.3) is 0 Å². The molecule has 1 atom stereocenters. The molecule has 2 aliphatic rings. The van der Waals surface area contributed by atoms with Crippen molar-refractivity contribution in [2.24, 2.45) is 5.92 Å². The smallest absolute Gasteiger partial charge is 0.0856 e. The van der Waals surface area contributed by atoms with E-state index in [1.54, 1.807) is 0 Å². The second-order valence-corrected chi connectivity index (χ2v) is 6.31. The molecule has 0 radical (unpaired) electrons. The number of ether oxygens (including phenoxy) is 1. The van der Waals surface area contributed by atoms with Gasteiger partial charge >= 0.3 is 0 Å². The molecule has 0 spiro atoms. The number of piperidine rings is 1. The summed E-state index contributed by atoms with van der Waals surface area (Å²) in [5, 5.41) is 3.43. The van der Waals surface area contributed by atoms with Crippen molar-refractivity contribution in [1.82, 2.24) is 5.32 Å². The molecular formula is C18H27NO. The Kier molecular flexibility index (Phi) is 5.10. The molecule has 2 nitrogen and oxygen atoms in total. The Bertz CT molecular complexity index is 380. The van der Waals surface area contributed by atoms with Crippen molar-refractivity contribution in [3.63, 3.8) is 0 Å². The standard InChI is InChI=1S/C18H27NO/c1-3-7-15(8-4-1)18(16-9-5-2-6-10-16)20-17-11-13-19-14-12-17/h1,3-4,7-8,16-19H,2,5-6,9-14H2. The predicted octanol–water partition coefficient (Wildman–Crippen LogP) is 4.08. The van der Waals surface area contributed by atoms with E-state index in [1.807, 2.05) is 0 Å². The average Bonchev–Trinajstić information content (AvgIpc) is 2.55. The number of hydrogen-bond acceptors (Lipinski definition) is 2. The molecule has 1 unspecified atom stereocenters. The van der Waals surface area contributed by atoms with Crippen molar-refractivity contribution in [2.75, 3.05) is 13.1 Å². The highest BCUT2D eigenvalue weighted by Gasteiger charge is 2.28. The van der Waals surface area contributed by atoms with E-state index in [0.29, 0.717) is 12.2 Å². The Morgan fingerprint density at radius 2 is 1.60 bits per heavy atom. The van der Waals surface area contributed by atoms with Gasteiger partial charge in [-0.3, -0.25) is 0 Å². The lowest BCUT2D eigenvalue weighted by atomic mass is 9.82. The van der Waals surface area contributed by atoms with Gasteiger partial charge in [-0.05, 0) is 50.3 Å². The lowest BCUT2D eigenvalue weighted by Crippen LogP contribution is -2.34. The molecule has 2 heteroatoms. The van der Waals surface area contributed by atoms with Crippen LogP contribution in [0, 0.1) is 5.92 Å². The Balaban J connectivity index is 1.72. The zero-order valence-electron chi connectivity index (χ0n) is 12.4. The highest BCUT2D eigenvalue weighted by atomic mass is 16.5. The summed E-state index contributed by atoms with van der Waals surface area (Å²) in [6.07, 6.45) is 9.93. The average molecular weight is 273 g/mol. The molecule has 1 saturated carbocycles. The van der Waals surface area contributed by atoms with E-state index in [1.165, 1.54) is 37.7 Å². The molecule has 1 N–H and O–H groups in total. The van der Waals surface area contributed by atoms with Crippen LogP contribution in [-0.4, -0.2) is 19.2 Å². The molecule has 1 aliphatic heterocycles. The summed E-state index contributed by atoms with van der Waals surface area (Å²) in [5.41, 5.74) is 1.39. The van der Waals surface area contributed by atoms with Gasteiger partial charge in [0.1, 0.15) is 0 Å². The van der Waals surface area contributed by atoms with Crippen molar-refractivity contribution in [1.29, 1.82) is 0 Å². The molecule has 3 rings (SSSR count). The second-order valence-electron chi connectivity index (χ2n) is 6.31. The van der Waals surface area contributed by atoms with Crippen LogP contribution in [0.5, 0.6) is 0 Å². The first-order valence-corrected chi connectivity index (χ1v) is 8.34. The third-order valence-electron chi connectivity index (χ3n) is 4.83. The maximum atomic E-state index is 6.58. The van der Waals surface area contributed by atoms with Crippen LogP contribution in [0.4, 0.5) is 0 Å². The van der Waals surface area contributed by atoms with Gasteiger partial charge in [-0.25, -0.2) is 0 Å². The summed E-state index contributed by atoms with van der Waals surface area (Å²) in [6, 6.07) is 10.9. The molecule has 0 bridgehead atoms. The van der Waals surface area contributed by atoms with Crippen LogP contribution in [0.25, 0.3) is 0 Å². The van der Waals surface area contributed by atoms with Crippen molar-refractivity contribution in [3.8, 4) is 0 Å². The molecule has 1 saturated heterocycles. The van der Waals surface area contributed by atoms with Crippen molar-refractivity contribution in [2.45, 2.75) is 57.2 Å². The van der Waals surface area contributed by atoms with Gasteiger partial charge in [0.2, 0.25) is 0 Å². The van der Waals surface area contributed by atoms with Crippen molar-refractivity contribution in [3.05, 3.63) is 35.9 Å². The topological polar surface area (TPSA) is 21.3 Å². The summed E-state index contributed by atoms with van der Waals surface area (Å²) in [5.74, 6) is 0.723. The third kappa shape index (κ3) is 3.62. The molecule has 1 heterocycles. The SMILES string of the molecule is c1ccc(C(OC2CCNCC2)C2CCCCC2)cc1. The maximum Gasteiger partial charge on any atom is 0.0856 e. The van der Waals surface area contributed by atoms with Crippen molar-refractivity contribution >= 4 is 0 Å². The van der Waals surface area contributed by atoms with Gasteiger partial charge in [-0.15, -0.1) is 0 Å². The van der Waals surface area contributed by atoms with E-state index in [-0.39, 0.29) is 0 Å². The van der Waals surface area contributed by atoms with Gasteiger partial charge in [0.05, 0.1) is 12.2 Å². The summed E-state index contributed by atoms with van der Waals surface area (Å²) in [6.45, 7) is 2.22. The number of benzene rings is 1. The largest absolute Gasteiger partial charge is 0.370 e. The fraction of sp³-hybridized carbons (Fsp3) is 0.667. The Morgan fingerprint density at radius 1 is 0.900 bits per heavy atom. The van der Waals surface area contributed by atoms with Gasteiger partial charge in [-0.1, -0.05) is 49.6 Å². The van der Waals surface area contributed by atoms with Crippen molar-refractivity contribution < 1.29 is 4.74 Å². The summed E-state index contributed by atoms with van der Waals surface area (Å²) >= 11 is 0. The zero-order chi connectivity index (χ0) is 13.6. The summed E-state index contributed by atoms with van der Waals surface area (Å²) in [7, 11) is 0. The van der Waals surface area contributed by atoms with Crippen LogP contribution in [-0.2, 0) is 4.74 Å². The van der Waals surface area contributed by atoms with Gasteiger partial charge in [0, 0.05) is 0 Å². The Hall–Kier alpha value is -0.860. The lowest BCUT2D eigenvalue weighted by molar-refractivity contribution is -0.0640. The van der Waals surface area contributed by atoms with E-state index in [9.17, 15) is 0 Å². The fourth-order valence-electron chi connectivity index (χ4n) is 3.68. The molecule has 1 aliphatic carbocycles. The lowest BCUT2D eigenvalue weighted by Gasteiger charge is -2.35. The predicted molar refractivity (Wildman–Crippen MR) is 82.7 cm³/mol. The minimum absolute atomic E-state index is 0.319. The number of rotatable bonds is 4. The van der Waals surface area contributed by atoms with Crippen LogP contribution >= 0.6 is 0 Å². The minimum atomic E-state index is 0.319. The first-order valence-electron chi connectivity index (χ1n) is 8.34. The van der Waals surface area contributed by atoms with E-state index < -0.39 is 0 Å². The van der Waals surface area contributed by atoms with E-state index in [0.717, 1.165) is 31.8 Å². The number of nitrogens with one attached hydrogen (secondary N) is 1. The minimum Gasteiger partial charge on any atom is -0.370 e. The quantitative estimate of drug-likeness (QED) is 0.892. The van der Waals surface area contributed by atoms with E-state index >= 15 is 0 Å². The fourth-order valence-corrected chi connectivity index (χ4v) is 3.68. The highest BCUT2D eigenvalue weighted by Crippen LogP contribution is 2.38. The highest BCUT2D eigenvalue weighted by molar-refractivity contribution is 5.18. The molecule has 110 valence electrons. The Morgan fingerprint density at radius 3 is 2.30 bits per heavy atom. The van der Waals surface area contributed by atoms with Gasteiger partial charge < -0.3 is 10.1 Å². The normalized spacial score (nSPS) is 23.6. The van der Waals surface area contributed by atoms with Gasteiger partial charge in [0.15, 0.2) is 0 Å². The third-order valence-corrected chi connectivity index (χ3v) is 4.83. The maximum absolute atomic E-state index is 6.58. The van der Waals surface area contributed by atoms with E-state index in [2.05, 4.69) is 35.6 Å². The molecule has 20 heavy (non-hydrogen) atoms. The molecule has 0 amide bonds. The second kappa shape index (κ2) is 7.24. The number of hydrogen-bond donors (Lipinski definition) is 1. The van der Waals surface area contributed by atoms with Crippen LogP contribution in [0.1, 0.15) is 56.6 Å². The molecule has 0 aromatic heterocycles. The zero-order valence-corrected chi connectivity index (χ0v) is 12.4. The molecule has 2 fully saturated rings. The molecule has 1 aromatic rings. The first-order chi connectivity index (χ1) is 9.93. The van der Waals surface area contributed by atoms with Crippen LogP contribution in [0.15, 0.2) is 30.3 Å². The summed E-state index contributed by atoms with van der Waals surface area (Å²) < 4.78 is 6.58. The van der Waals surface area contributed by atoms with Crippen LogP contribution in [0.2, 0.25) is 0 Å². The monoisotopic (exact) mass is 273 g/mol. The van der Waals surface area contributed by atoms with Crippen LogP contribution < -0.4 is 5.32 Å². The van der Waals surface area contributed by atoms with Crippen LogP contribution in [0.3, 0.4) is 0 Å². The molecule has 1 aromatic carbocycles. The Labute approximate surface area is 122 Å². The molecular weight excluding hydrogens is 246 g/mol. The first kappa shape index (κ1) is 14.1. The van der Waals surface area contributed by atoms with E-state index in [4.69, 9.17) is 4.74 Å².